The maximum absolute atomic E-state index is 9.40. The van der Waals surface area contributed by atoms with Crippen molar-refractivity contribution in [2.24, 2.45) is 17.3 Å². The predicted octanol–water partition coefficient (Wildman–Crippen LogP) is 4.56. The third-order valence-electron chi connectivity index (χ3n) is 5.98. The molecule has 2 rings (SSSR count). The smallest absolute Gasteiger partial charge is 0.147 e. The molecule has 0 aromatic carbocycles. The molecule has 1 N–H and O–H groups in total. The highest BCUT2D eigenvalue weighted by Gasteiger charge is 2.35. The van der Waals surface area contributed by atoms with E-state index < -0.39 is 0 Å². The largest absolute Gasteiger partial charge is 0.366 e. The Morgan fingerprint density at radius 3 is 2.43 bits per heavy atom. The molecule has 1 heterocycles. The van der Waals surface area contributed by atoms with Gasteiger partial charge in [0.2, 0.25) is 0 Å². The van der Waals surface area contributed by atoms with Crippen molar-refractivity contribution < 1.29 is 0 Å². The SMILES string of the molecule is CCc1ncnc(N[C@H]2CC[C@@H](C(C)(C)C(C)C)CC2)c1C#N. The number of nitrogens with zero attached hydrogens (tertiary/aromatic N) is 3. The summed E-state index contributed by atoms with van der Waals surface area (Å²) < 4.78 is 0. The Bertz CT molecular complexity index is 563. The molecule has 1 fully saturated rings. The van der Waals surface area contributed by atoms with Gasteiger partial charge in [-0.25, -0.2) is 9.97 Å². The van der Waals surface area contributed by atoms with Crippen molar-refractivity contribution in [3.63, 3.8) is 0 Å². The van der Waals surface area contributed by atoms with Crippen LogP contribution in [0.15, 0.2) is 6.33 Å². The summed E-state index contributed by atoms with van der Waals surface area (Å²) >= 11 is 0. The molecule has 23 heavy (non-hydrogen) atoms. The molecule has 4 nitrogen and oxygen atoms in total. The molecule has 1 aromatic rings. The molecule has 0 aliphatic heterocycles. The summed E-state index contributed by atoms with van der Waals surface area (Å²) in [4.78, 5) is 8.52. The average molecular weight is 314 g/mol. The van der Waals surface area contributed by atoms with E-state index in [1.165, 1.54) is 12.8 Å². The predicted molar refractivity (Wildman–Crippen MR) is 94.1 cm³/mol. The van der Waals surface area contributed by atoms with Crippen molar-refractivity contribution in [3.8, 4) is 6.07 Å². The van der Waals surface area contributed by atoms with E-state index in [0.29, 0.717) is 28.8 Å². The van der Waals surface area contributed by atoms with Crippen LogP contribution < -0.4 is 5.32 Å². The monoisotopic (exact) mass is 314 g/mol. The number of aromatic nitrogens is 2. The van der Waals surface area contributed by atoms with Gasteiger partial charge in [0.05, 0.1) is 5.69 Å². The molecule has 1 aliphatic rings. The number of hydrogen-bond acceptors (Lipinski definition) is 4. The summed E-state index contributed by atoms with van der Waals surface area (Å²) in [6.45, 7) is 11.5. The van der Waals surface area contributed by atoms with Crippen LogP contribution in [0.2, 0.25) is 0 Å². The van der Waals surface area contributed by atoms with Crippen molar-refractivity contribution in [2.75, 3.05) is 5.32 Å². The van der Waals surface area contributed by atoms with Gasteiger partial charge >= 0.3 is 0 Å². The molecule has 0 bridgehead atoms. The first-order valence-corrected chi connectivity index (χ1v) is 8.90. The van der Waals surface area contributed by atoms with E-state index in [9.17, 15) is 5.26 Å². The molecule has 126 valence electrons. The van der Waals surface area contributed by atoms with Gasteiger partial charge in [0, 0.05) is 6.04 Å². The van der Waals surface area contributed by atoms with Gasteiger partial charge in [-0.1, -0.05) is 34.6 Å². The third kappa shape index (κ3) is 3.83. The van der Waals surface area contributed by atoms with E-state index in [4.69, 9.17) is 0 Å². The van der Waals surface area contributed by atoms with Gasteiger partial charge in [0.1, 0.15) is 23.8 Å². The lowest BCUT2D eigenvalue weighted by Gasteiger charge is -2.42. The second-order valence-corrected chi connectivity index (χ2v) is 7.68. The molecule has 0 atom stereocenters. The molecule has 1 aliphatic carbocycles. The lowest BCUT2D eigenvalue weighted by atomic mass is 9.65. The number of anilines is 1. The minimum Gasteiger partial charge on any atom is -0.366 e. The summed E-state index contributed by atoms with van der Waals surface area (Å²) in [6, 6.07) is 2.68. The fraction of sp³-hybridized carbons (Fsp3) is 0.737. The second-order valence-electron chi connectivity index (χ2n) is 7.68. The Kier molecular flexibility index (Phi) is 5.62. The van der Waals surface area contributed by atoms with Crippen molar-refractivity contribution in [2.45, 2.75) is 72.8 Å². The Hall–Kier alpha value is -1.63. The zero-order valence-corrected chi connectivity index (χ0v) is 15.2. The molecule has 4 heteroatoms. The standard InChI is InChI=1S/C19H30N4/c1-6-17-16(11-20)18(22-12-21-17)23-15-9-7-14(8-10-15)19(4,5)13(2)3/h12-15H,6-10H2,1-5H3,(H,21,22,23)/t14-,15+. The highest BCUT2D eigenvalue weighted by atomic mass is 15.0. The van der Waals surface area contributed by atoms with Crippen LogP contribution in [-0.4, -0.2) is 16.0 Å². The lowest BCUT2D eigenvalue weighted by molar-refractivity contribution is 0.0986. The fourth-order valence-electron chi connectivity index (χ4n) is 3.56. The van der Waals surface area contributed by atoms with E-state index in [-0.39, 0.29) is 0 Å². The van der Waals surface area contributed by atoms with Crippen LogP contribution in [-0.2, 0) is 6.42 Å². The first-order chi connectivity index (χ1) is 10.9. The van der Waals surface area contributed by atoms with Gasteiger partial charge in [-0.2, -0.15) is 5.26 Å². The van der Waals surface area contributed by atoms with Crippen molar-refractivity contribution >= 4 is 5.82 Å². The van der Waals surface area contributed by atoms with E-state index >= 15 is 0 Å². The van der Waals surface area contributed by atoms with Crippen LogP contribution in [0.1, 0.15) is 71.6 Å². The fourth-order valence-corrected chi connectivity index (χ4v) is 3.56. The van der Waals surface area contributed by atoms with Crippen LogP contribution in [0, 0.1) is 28.6 Å². The van der Waals surface area contributed by atoms with E-state index in [1.54, 1.807) is 6.33 Å². The summed E-state index contributed by atoms with van der Waals surface area (Å²) in [5, 5.41) is 12.9. The van der Waals surface area contributed by atoms with Crippen molar-refractivity contribution in [1.29, 1.82) is 5.26 Å². The first-order valence-electron chi connectivity index (χ1n) is 8.90. The number of hydrogen-bond donors (Lipinski definition) is 1. The summed E-state index contributed by atoms with van der Waals surface area (Å²) in [6.07, 6.45) is 7.12. The number of rotatable bonds is 5. The minimum absolute atomic E-state index is 0.396. The van der Waals surface area contributed by atoms with Gasteiger partial charge in [0.15, 0.2) is 0 Å². The van der Waals surface area contributed by atoms with Crippen molar-refractivity contribution in [1.82, 2.24) is 9.97 Å². The van der Waals surface area contributed by atoms with Crippen LogP contribution in [0.5, 0.6) is 0 Å². The van der Waals surface area contributed by atoms with E-state index in [1.807, 2.05) is 6.92 Å². The Morgan fingerprint density at radius 1 is 1.26 bits per heavy atom. The molecule has 0 spiro atoms. The highest BCUT2D eigenvalue weighted by Crippen LogP contribution is 2.43. The van der Waals surface area contributed by atoms with Crippen molar-refractivity contribution in [3.05, 3.63) is 17.6 Å². The van der Waals surface area contributed by atoms with Gasteiger partial charge in [-0.3, -0.25) is 0 Å². The summed E-state index contributed by atoms with van der Waals surface area (Å²) in [5.41, 5.74) is 1.84. The number of aryl methyl sites for hydroxylation is 1. The van der Waals surface area contributed by atoms with E-state index in [0.717, 1.165) is 30.9 Å². The molecule has 0 amide bonds. The number of nitriles is 1. The van der Waals surface area contributed by atoms with Crippen LogP contribution >= 0.6 is 0 Å². The van der Waals surface area contributed by atoms with Gasteiger partial charge in [0.25, 0.3) is 0 Å². The quantitative estimate of drug-likeness (QED) is 0.865. The molecule has 0 unspecified atom stereocenters. The minimum atomic E-state index is 0.396. The van der Waals surface area contributed by atoms with Crippen LogP contribution in [0.4, 0.5) is 5.82 Å². The molecule has 1 saturated carbocycles. The zero-order chi connectivity index (χ0) is 17.0. The zero-order valence-electron chi connectivity index (χ0n) is 15.2. The average Bonchev–Trinajstić information content (AvgIpc) is 2.54. The third-order valence-corrected chi connectivity index (χ3v) is 5.98. The first kappa shape index (κ1) is 17.7. The second kappa shape index (κ2) is 7.29. The van der Waals surface area contributed by atoms with Crippen LogP contribution in [0.3, 0.4) is 0 Å². The molecule has 0 radical (unpaired) electrons. The maximum atomic E-state index is 9.40. The van der Waals surface area contributed by atoms with Crippen LogP contribution in [0.25, 0.3) is 0 Å². The summed E-state index contributed by atoms with van der Waals surface area (Å²) in [7, 11) is 0. The number of nitrogens with one attached hydrogen (secondary N) is 1. The molecule has 0 saturated heterocycles. The highest BCUT2D eigenvalue weighted by molar-refractivity contribution is 5.54. The Balaban J connectivity index is 2.02. The topological polar surface area (TPSA) is 61.6 Å². The molecular formula is C19H30N4. The Morgan fingerprint density at radius 2 is 1.91 bits per heavy atom. The maximum Gasteiger partial charge on any atom is 0.147 e. The van der Waals surface area contributed by atoms with Gasteiger partial charge in [-0.05, 0) is 49.4 Å². The molecule has 1 aromatic heterocycles. The molecular weight excluding hydrogens is 284 g/mol. The van der Waals surface area contributed by atoms with E-state index in [2.05, 4.69) is 49.0 Å². The van der Waals surface area contributed by atoms with Gasteiger partial charge < -0.3 is 5.32 Å². The summed E-state index contributed by atoms with van der Waals surface area (Å²) in [5.74, 6) is 2.20. The van der Waals surface area contributed by atoms with Gasteiger partial charge in [-0.15, -0.1) is 0 Å². The Labute approximate surface area is 140 Å². The lowest BCUT2D eigenvalue weighted by Crippen LogP contribution is -2.36. The normalized spacial score (nSPS) is 22.0.